The standard InChI is InChI=1S/C15H22BrNO3/c1-15(2,20-6)11-7-10(13(18)9-16)8-12(17(3)4)14(11)19-5/h7-8H,9H2,1-6H3. The van der Waals surface area contributed by atoms with Crippen LogP contribution in [0, 0.1) is 0 Å². The topological polar surface area (TPSA) is 38.8 Å². The zero-order valence-electron chi connectivity index (χ0n) is 12.9. The Morgan fingerprint density at radius 1 is 1.30 bits per heavy atom. The highest BCUT2D eigenvalue weighted by Crippen LogP contribution is 2.40. The molecule has 0 unspecified atom stereocenters. The van der Waals surface area contributed by atoms with E-state index in [2.05, 4.69) is 15.9 Å². The van der Waals surface area contributed by atoms with E-state index in [0.29, 0.717) is 10.9 Å². The fourth-order valence-electron chi connectivity index (χ4n) is 1.96. The van der Waals surface area contributed by atoms with Gasteiger partial charge in [0.1, 0.15) is 5.75 Å². The van der Waals surface area contributed by atoms with Gasteiger partial charge in [0, 0.05) is 32.3 Å². The van der Waals surface area contributed by atoms with Crippen molar-refractivity contribution in [2.75, 3.05) is 38.5 Å². The van der Waals surface area contributed by atoms with Gasteiger partial charge in [-0.3, -0.25) is 4.79 Å². The molecule has 0 atom stereocenters. The maximum atomic E-state index is 12.0. The van der Waals surface area contributed by atoms with Gasteiger partial charge in [-0.15, -0.1) is 0 Å². The third kappa shape index (κ3) is 3.33. The van der Waals surface area contributed by atoms with Crippen molar-refractivity contribution >= 4 is 27.4 Å². The number of nitrogens with zero attached hydrogens (tertiary/aromatic N) is 1. The van der Waals surface area contributed by atoms with E-state index in [1.54, 1.807) is 14.2 Å². The first kappa shape index (κ1) is 17.0. The van der Waals surface area contributed by atoms with E-state index in [0.717, 1.165) is 17.0 Å². The number of carbonyl (C=O) groups excluding carboxylic acids is 1. The maximum Gasteiger partial charge on any atom is 0.173 e. The monoisotopic (exact) mass is 343 g/mol. The molecular formula is C15H22BrNO3. The minimum absolute atomic E-state index is 0.0314. The Morgan fingerprint density at radius 2 is 1.90 bits per heavy atom. The summed E-state index contributed by atoms with van der Waals surface area (Å²) in [5.74, 6) is 0.761. The average molecular weight is 344 g/mol. The second-order valence-corrected chi connectivity index (χ2v) is 5.80. The second kappa shape index (κ2) is 6.59. The van der Waals surface area contributed by atoms with Crippen LogP contribution in [-0.4, -0.2) is 39.4 Å². The van der Waals surface area contributed by atoms with Crippen molar-refractivity contribution < 1.29 is 14.3 Å². The molecule has 0 bridgehead atoms. The zero-order valence-corrected chi connectivity index (χ0v) is 14.5. The van der Waals surface area contributed by atoms with Crippen LogP contribution in [0.5, 0.6) is 5.75 Å². The van der Waals surface area contributed by atoms with Crippen molar-refractivity contribution in [1.82, 2.24) is 0 Å². The van der Waals surface area contributed by atoms with Crippen molar-refractivity contribution in [2.45, 2.75) is 19.4 Å². The predicted molar refractivity (Wildman–Crippen MR) is 85.5 cm³/mol. The number of methoxy groups -OCH3 is 2. The Hall–Kier alpha value is -1.07. The highest BCUT2D eigenvalue weighted by Gasteiger charge is 2.28. The lowest BCUT2D eigenvalue weighted by Gasteiger charge is -2.29. The molecule has 0 spiro atoms. The fourth-order valence-corrected chi connectivity index (χ4v) is 2.28. The Bertz CT molecular complexity index is 498. The molecule has 0 saturated heterocycles. The number of anilines is 1. The molecule has 1 aromatic carbocycles. The van der Waals surface area contributed by atoms with Crippen LogP contribution in [0.25, 0.3) is 0 Å². The lowest BCUT2D eigenvalue weighted by molar-refractivity contribution is 0.0173. The van der Waals surface area contributed by atoms with Gasteiger partial charge in [-0.25, -0.2) is 0 Å². The van der Waals surface area contributed by atoms with E-state index in [9.17, 15) is 4.79 Å². The molecule has 0 N–H and O–H groups in total. The first-order valence-electron chi connectivity index (χ1n) is 6.32. The SMILES string of the molecule is COc1c(N(C)C)cc(C(=O)CBr)cc1C(C)(C)OC. The molecule has 0 aliphatic rings. The van der Waals surface area contributed by atoms with Gasteiger partial charge in [0.2, 0.25) is 0 Å². The second-order valence-electron chi connectivity index (χ2n) is 5.24. The van der Waals surface area contributed by atoms with Gasteiger partial charge >= 0.3 is 0 Å². The molecule has 0 amide bonds. The number of hydrogen-bond acceptors (Lipinski definition) is 4. The normalized spacial score (nSPS) is 11.3. The predicted octanol–water partition coefficient (Wildman–Crippen LogP) is 3.22. The quantitative estimate of drug-likeness (QED) is 0.587. The van der Waals surface area contributed by atoms with Crippen LogP contribution in [0.15, 0.2) is 12.1 Å². The summed E-state index contributed by atoms with van der Waals surface area (Å²) in [6.07, 6.45) is 0. The first-order chi connectivity index (χ1) is 9.28. The zero-order chi connectivity index (χ0) is 15.5. The largest absolute Gasteiger partial charge is 0.494 e. The smallest absolute Gasteiger partial charge is 0.173 e. The van der Waals surface area contributed by atoms with Gasteiger partial charge in [0.05, 0.1) is 23.7 Å². The summed E-state index contributed by atoms with van der Waals surface area (Å²) in [4.78, 5) is 13.9. The van der Waals surface area contributed by atoms with Crippen molar-refractivity contribution in [3.8, 4) is 5.75 Å². The molecule has 0 aromatic heterocycles. The Balaban J connectivity index is 3.62. The van der Waals surface area contributed by atoms with Crippen LogP contribution in [0.3, 0.4) is 0 Å². The minimum atomic E-state index is -0.543. The fraction of sp³-hybridized carbons (Fsp3) is 0.533. The average Bonchev–Trinajstić information content (AvgIpc) is 2.44. The Morgan fingerprint density at radius 3 is 2.30 bits per heavy atom. The van der Waals surface area contributed by atoms with Gasteiger partial charge in [0.25, 0.3) is 0 Å². The maximum absolute atomic E-state index is 12.0. The molecule has 112 valence electrons. The van der Waals surface area contributed by atoms with Gasteiger partial charge in [-0.05, 0) is 26.0 Å². The van der Waals surface area contributed by atoms with Crippen LogP contribution in [0.4, 0.5) is 5.69 Å². The van der Waals surface area contributed by atoms with Crippen LogP contribution in [-0.2, 0) is 10.3 Å². The highest BCUT2D eigenvalue weighted by molar-refractivity contribution is 9.09. The molecule has 5 heteroatoms. The Labute approximate surface area is 129 Å². The molecular weight excluding hydrogens is 322 g/mol. The molecule has 0 aliphatic heterocycles. The van der Waals surface area contributed by atoms with Gasteiger partial charge in [-0.1, -0.05) is 15.9 Å². The summed E-state index contributed by atoms with van der Waals surface area (Å²) < 4.78 is 11.1. The molecule has 0 heterocycles. The van der Waals surface area contributed by atoms with E-state index in [-0.39, 0.29) is 5.78 Å². The summed E-state index contributed by atoms with van der Waals surface area (Å²) in [7, 11) is 7.12. The summed E-state index contributed by atoms with van der Waals surface area (Å²) >= 11 is 3.22. The van der Waals surface area contributed by atoms with Gasteiger partial charge < -0.3 is 14.4 Å². The molecule has 4 nitrogen and oxygen atoms in total. The number of benzene rings is 1. The van der Waals surface area contributed by atoms with Crippen molar-refractivity contribution in [3.05, 3.63) is 23.3 Å². The number of alkyl halides is 1. The number of hydrogen-bond donors (Lipinski definition) is 0. The lowest BCUT2D eigenvalue weighted by Crippen LogP contribution is -2.23. The molecule has 0 fully saturated rings. The van der Waals surface area contributed by atoms with E-state index in [1.165, 1.54) is 0 Å². The summed E-state index contributed by atoms with van der Waals surface area (Å²) in [5.41, 5.74) is 1.82. The van der Waals surface area contributed by atoms with Gasteiger partial charge in [0.15, 0.2) is 5.78 Å². The Kier molecular flexibility index (Phi) is 5.59. The number of ketones is 1. The number of rotatable bonds is 6. The molecule has 0 saturated carbocycles. The third-order valence-electron chi connectivity index (χ3n) is 3.36. The number of halogens is 1. The highest BCUT2D eigenvalue weighted by atomic mass is 79.9. The van der Waals surface area contributed by atoms with Crippen molar-refractivity contribution in [3.63, 3.8) is 0 Å². The first-order valence-corrected chi connectivity index (χ1v) is 7.44. The van der Waals surface area contributed by atoms with E-state index < -0.39 is 5.60 Å². The number of ether oxygens (including phenoxy) is 2. The summed E-state index contributed by atoms with van der Waals surface area (Å²) in [5, 5.41) is 0.291. The lowest BCUT2D eigenvalue weighted by atomic mass is 9.93. The van der Waals surface area contributed by atoms with Crippen molar-refractivity contribution in [1.29, 1.82) is 0 Å². The van der Waals surface area contributed by atoms with Crippen LogP contribution in [0.1, 0.15) is 29.8 Å². The van der Waals surface area contributed by atoms with Gasteiger partial charge in [-0.2, -0.15) is 0 Å². The summed E-state index contributed by atoms with van der Waals surface area (Å²) in [6, 6.07) is 3.69. The van der Waals surface area contributed by atoms with Crippen LogP contribution < -0.4 is 9.64 Å². The van der Waals surface area contributed by atoms with E-state index in [1.807, 2.05) is 45.0 Å². The minimum Gasteiger partial charge on any atom is -0.494 e. The molecule has 20 heavy (non-hydrogen) atoms. The molecule has 1 aromatic rings. The number of Topliss-reactive ketones (excluding diaryl/α,β-unsaturated/α-hetero) is 1. The van der Waals surface area contributed by atoms with E-state index >= 15 is 0 Å². The van der Waals surface area contributed by atoms with Crippen LogP contribution >= 0.6 is 15.9 Å². The molecule has 0 aliphatic carbocycles. The third-order valence-corrected chi connectivity index (χ3v) is 3.87. The van der Waals surface area contributed by atoms with Crippen molar-refractivity contribution in [2.24, 2.45) is 0 Å². The van der Waals surface area contributed by atoms with Crippen LogP contribution in [0.2, 0.25) is 0 Å². The number of carbonyl (C=O) groups is 1. The van der Waals surface area contributed by atoms with E-state index in [4.69, 9.17) is 9.47 Å². The molecule has 1 rings (SSSR count). The molecule has 0 radical (unpaired) electrons. The summed E-state index contributed by atoms with van der Waals surface area (Å²) in [6.45, 7) is 3.90.